The highest BCUT2D eigenvalue weighted by Gasteiger charge is 2.23. The number of hydrogen-bond acceptors (Lipinski definition) is 2. The first-order chi connectivity index (χ1) is 10.0. The van der Waals surface area contributed by atoms with Gasteiger partial charge in [0, 0.05) is 18.7 Å². The van der Waals surface area contributed by atoms with Crippen molar-refractivity contribution in [2.24, 2.45) is 5.92 Å². The van der Waals surface area contributed by atoms with Crippen molar-refractivity contribution in [2.45, 2.75) is 39.7 Å². The monoisotopic (exact) mass is 290 g/mol. The Morgan fingerprint density at radius 3 is 2.90 bits per heavy atom. The molecule has 0 aliphatic carbocycles. The maximum atomic E-state index is 12.4. The van der Waals surface area contributed by atoms with Gasteiger partial charge in [0.15, 0.2) is 0 Å². The maximum Gasteiger partial charge on any atom is 0.317 e. The van der Waals surface area contributed by atoms with E-state index >= 15 is 0 Å². The first-order valence-electron chi connectivity index (χ1n) is 7.71. The summed E-state index contributed by atoms with van der Waals surface area (Å²) in [6.07, 6.45) is 2.31. The molecular formula is C17H26N2O2. The highest BCUT2D eigenvalue weighted by molar-refractivity contribution is 5.75. The molecule has 0 saturated carbocycles. The van der Waals surface area contributed by atoms with Crippen molar-refractivity contribution in [1.82, 2.24) is 10.2 Å². The third kappa shape index (κ3) is 3.90. The molecule has 1 heterocycles. The van der Waals surface area contributed by atoms with E-state index in [1.807, 2.05) is 30.9 Å². The second kappa shape index (κ2) is 6.83. The van der Waals surface area contributed by atoms with Crippen LogP contribution in [0.15, 0.2) is 18.2 Å². The summed E-state index contributed by atoms with van der Waals surface area (Å²) in [5.41, 5.74) is 2.19. The van der Waals surface area contributed by atoms with E-state index in [2.05, 4.69) is 18.3 Å². The first-order valence-corrected chi connectivity index (χ1v) is 7.71. The predicted octanol–water partition coefficient (Wildman–Crippen LogP) is 3.51. The molecule has 1 aliphatic rings. The number of aryl methyl sites for hydroxylation is 1. The lowest BCUT2D eigenvalue weighted by atomic mass is 10.0. The fourth-order valence-electron chi connectivity index (χ4n) is 2.92. The highest BCUT2D eigenvalue weighted by atomic mass is 16.5. The van der Waals surface area contributed by atoms with Crippen LogP contribution in [0.1, 0.15) is 43.9 Å². The van der Waals surface area contributed by atoms with Crippen LogP contribution in [0.2, 0.25) is 0 Å². The number of urea groups is 1. The van der Waals surface area contributed by atoms with E-state index in [-0.39, 0.29) is 12.1 Å². The third-order valence-electron chi connectivity index (χ3n) is 4.14. The molecule has 1 N–H and O–H groups in total. The normalized spacial score (nSPS) is 20.0. The van der Waals surface area contributed by atoms with E-state index in [4.69, 9.17) is 4.74 Å². The number of hydrogen-bond donors (Lipinski definition) is 1. The zero-order valence-corrected chi connectivity index (χ0v) is 13.5. The van der Waals surface area contributed by atoms with Crippen LogP contribution in [0.4, 0.5) is 4.79 Å². The van der Waals surface area contributed by atoms with Crippen molar-refractivity contribution in [3.63, 3.8) is 0 Å². The number of likely N-dealkylation sites (tertiary alicyclic amines) is 1. The molecule has 1 aliphatic heterocycles. The van der Waals surface area contributed by atoms with Gasteiger partial charge in [0.25, 0.3) is 0 Å². The van der Waals surface area contributed by atoms with Crippen molar-refractivity contribution in [3.8, 4) is 5.75 Å². The van der Waals surface area contributed by atoms with Gasteiger partial charge in [-0.1, -0.05) is 24.6 Å². The molecule has 1 aromatic carbocycles. The first kappa shape index (κ1) is 15.7. The van der Waals surface area contributed by atoms with Gasteiger partial charge in [-0.15, -0.1) is 0 Å². The molecular weight excluding hydrogens is 264 g/mol. The summed E-state index contributed by atoms with van der Waals surface area (Å²) in [5, 5.41) is 3.10. The van der Waals surface area contributed by atoms with Crippen molar-refractivity contribution in [3.05, 3.63) is 29.3 Å². The number of carbonyl (C=O) groups excluding carboxylic acids is 1. The van der Waals surface area contributed by atoms with Crippen molar-refractivity contribution >= 4 is 6.03 Å². The second-order valence-electron chi connectivity index (χ2n) is 6.11. The molecule has 4 heteroatoms. The van der Waals surface area contributed by atoms with Crippen LogP contribution in [0.25, 0.3) is 0 Å². The number of rotatable bonds is 3. The zero-order chi connectivity index (χ0) is 15.4. The number of methoxy groups -OCH3 is 1. The topological polar surface area (TPSA) is 41.6 Å². The van der Waals surface area contributed by atoms with E-state index in [1.165, 1.54) is 12.0 Å². The molecule has 2 amide bonds. The Bertz CT molecular complexity index is 502. The molecule has 0 radical (unpaired) electrons. The highest BCUT2D eigenvalue weighted by Crippen LogP contribution is 2.26. The fourth-order valence-corrected chi connectivity index (χ4v) is 2.92. The Morgan fingerprint density at radius 2 is 2.24 bits per heavy atom. The number of benzene rings is 1. The Balaban J connectivity index is 2.05. The maximum absolute atomic E-state index is 12.4. The zero-order valence-electron chi connectivity index (χ0n) is 13.5. The Kier molecular flexibility index (Phi) is 5.10. The molecule has 0 bridgehead atoms. The van der Waals surface area contributed by atoms with Crippen molar-refractivity contribution in [1.29, 1.82) is 0 Å². The average Bonchev–Trinajstić information content (AvgIpc) is 2.47. The van der Waals surface area contributed by atoms with Crippen LogP contribution in [0, 0.1) is 12.8 Å². The minimum atomic E-state index is -0.0652. The molecule has 2 atom stereocenters. The summed E-state index contributed by atoms with van der Waals surface area (Å²) < 4.78 is 5.40. The minimum Gasteiger partial charge on any atom is -0.496 e. The lowest BCUT2D eigenvalue weighted by Gasteiger charge is -2.32. The van der Waals surface area contributed by atoms with Crippen LogP contribution in [-0.2, 0) is 0 Å². The number of nitrogens with one attached hydrogen (secondary N) is 1. The van der Waals surface area contributed by atoms with Gasteiger partial charge in [-0.2, -0.15) is 0 Å². The Morgan fingerprint density at radius 1 is 1.48 bits per heavy atom. The molecule has 4 nitrogen and oxygen atoms in total. The summed E-state index contributed by atoms with van der Waals surface area (Å²) in [4.78, 5) is 14.3. The SMILES string of the molecule is COc1ccc(C)cc1C(C)NC(=O)N1CCCC(C)C1. The van der Waals surface area contributed by atoms with Gasteiger partial charge in [0.1, 0.15) is 5.75 Å². The molecule has 0 aromatic heterocycles. The summed E-state index contributed by atoms with van der Waals surface area (Å²) in [7, 11) is 1.66. The third-order valence-corrected chi connectivity index (χ3v) is 4.14. The molecule has 21 heavy (non-hydrogen) atoms. The fraction of sp³-hybridized carbons (Fsp3) is 0.588. The van der Waals surface area contributed by atoms with Gasteiger partial charge in [-0.3, -0.25) is 0 Å². The Hall–Kier alpha value is -1.71. The van der Waals surface area contributed by atoms with Gasteiger partial charge in [-0.05, 0) is 38.7 Å². The van der Waals surface area contributed by atoms with Gasteiger partial charge in [0.2, 0.25) is 0 Å². The van der Waals surface area contributed by atoms with Crippen LogP contribution in [0.5, 0.6) is 5.75 Å². The molecule has 1 aromatic rings. The number of carbonyl (C=O) groups is 1. The average molecular weight is 290 g/mol. The predicted molar refractivity (Wildman–Crippen MR) is 84.6 cm³/mol. The number of piperidine rings is 1. The molecule has 0 spiro atoms. The minimum absolute atomic E-state index is 0.0256. The van der Waals surface area contributed by atoms with Gasteiger partial charge in [0.05, 0.1) is 13.2 Å². The quantitative estimate of drug-likeness (QED) is 0.925. The van der Waals surface area contributed by atoms with Gasteiger partial charge >= 0.3 is 6.03 Å². The number of ether oxygens (including phenoxy) is 1. The molecule has 1 fully saturated rings. The standard InChI is InChI=1S/C17H26N2O2/c1-12-7-8-16(21-4)15(10-12)14(3)18-17(20)19-9-5-6-13(2)11-19/h7-8,10,13-14H,5-6,9,11H2,1-4H3,(H,18,20). The largest absolute Gasteiger partial charge is 0.496 e. The van der Waals surface area contributed by atoms with Gasteiger partial charge in [-0.25, -0.2) is 4.79 Å². The smallest absolute Gasteiger partial charge is 0.317 e. The van der Waals surface area contributed by atoms with Crippen LogP contribution < -0.4 is 10.1 Å². The lowest BCUT2D eigenvalue weighted by Crippen LogP contribution is -2.45. The van der Waals surface area contributed by atoms with Crippen LogP contribution >= 0.6 is 0 Å². The van der Waals surface area contributed by atoms with Crippen LogP contribution in [0.3, 0.4) is 0 Å². The lowest BCUT2D eigenvalue weighted by molar-refractivity contribution is 0.167. The van der Waals surface area contributed by atoms with E-state index in [0.717, 1.165) is 30.8 Å². The molecule has 2 unspecified atom stereocenters. The summed E-state index contributed by atoms with van der Waals surface area (Å²) in [6, 6.07) is 6.00. The molecule has 2 rings (SSSR count). The second-order valence-corrected chi connectivity index (χ2v) is 6.11. The van der Waals surface area contributed by atoms with E-state index in [0.29, 0.717) is 5.92 Å². The van der Waals surface area contributed by atoms with Gasteiger partial charge < -0.3 is 15.0 Å². The van der Waals surface area contributed by atoms with E-state index in [1.54, 1.807) is 7.11 Å². The molecule has 1 saturated heterocycles. The van der Waals surface area contributed by atoms with E-state index in [9.17, 15) is 4.79 Å². The van der Waals surface area contributed by atoms with Crippen molar-refractivity contribution < 1.29 is 9.53 Å². The van der Waals surface area contributed by atoms with Crippen molar-refractivity contribution in [2.75, 3.05) is 20.2 Å². The molecule has 116 valence electrons. The number of nitrogens with zero attached hydrogens (tertiary/aromatic N) is 1. The number of amides is 2. The summed E-state index contributed by atoms with van der Waals surface area (Å²) >= 11 is 0. The van der Waals surface area contributed by atoms with E-state index < -0.39 is 0 Å². The Labute approximate surface area is 127 Å². The summed E-state index contributed by atoms with van der Waals surface area (Å²) in [5.74, 6) is 1.41. The van der Waals surface area contributed by atoms with Crippen LogP contribution in [-0.4, -0.2) is 31.1 Å². The summed E-state index contributed by atoms with van der Waals surface area (Å²) in [6.45, 7) is 7.95.